The number of piperazine rings is 1. The van der Waals surface area contributed by atoms with Crippen LogP contribution in [-0.2, 0) is 15.8 Å². The molecule has 2 aliphatic rings. The predicted octanol–water partition coefficient (Wildman–Crippen LogP) is 3.60. The Morgan fingerprint density at radius 3 is 2.55 bits per heavy atom. The number of aromatic nitrogens is 3. The molecule has 1 saturated carbocycles. The minimum atomic E-state index is -3.62. The average Bonchev–Trinajstić information content (AvgIpc) is 3.41. The number of ether oxygens (including phenoxy) is 1. The fourth-order valence-corrected chi connectivity index (χ4v) is 6.92. The van der Waals surface area contributed by atoms with Crippen LogP contribution >= 0.6 is 27.5 Å². The lowest BCUT2D eigenvalue weighted by Crippen LogP contribution is -2.49. The Morgan fingerprint density at radius 2 is 1.84 bits per heavy atom. The van der Waals surface area contributed by atoms with E-state index in [2.05, 4.69) is 26.0 Å². The van der Waals surface area contributed by atoms with Gasteiger partial charge in [-0.1, -0.05) is 17.7 Å². The van der Waals surface area contributed by atoms with Crippen LogP contribution in [0, 0.1) is 0 Å². The van der Waals surface area contributed by atoms with Gasteiger partial charge in [0, 0.05) is 47.4 Å². The number of nitrogens with zero attached hydrogens (tertiary/aromatic N) is 5. The smallest absolute Gasteiger partial charge is 0.316 e. The van der Waals surface area contributed by atoms with Crippen molar-refractivity contribution in [2.45, 2.75) is 37.5 Å². The number of sulfonamides is 1. The minimum Gasteiger partial charge on any atom is -0.483 e. The fourth-order valence-electron chi connectivity index (χ4n) is 4.83. The van der Waals surface area contributed by atoms with E-state index in [-0.39, 0.29) is 42.1 Å². The predicted molar refractivity (Wildman–Crippen MR) is 150 cm³/mol. The van der Waals surface area contributed by atoms with Gasteiger partial charge in [-0.2, -0.15) is 14.1 Å². The molecule has 1 saturated heterocycles. The number of hydrogen-bond acceptors (Lipinski definition) is 8. The molecule has 0 spiro atoms. The summed E-state index contributed by atoms with van der Waals surface area (Å²) in [6, 6.07) is 8.59. The first-order valence-electron chi connectivity index (χ1n) is 12.4. The van der Waals surface area contributed by atoms with Crippen molar-refractivity contribution in [3.8, 4) is 11.4 Å². The number of nitrogens with two attached hydrogens (primary N) is 1. The number of anilines is 2. The van der Waals surface area contributed by atoms with Crippen LogP contribution in [-0.4, -0.2) is 59.8 Å². The summed E-state index contributed by atoms with van der Waals surface area (Å²) in [5.41, 5.74) is 7.09. The van der Waals surface area contributed by atoms with Gasteiger partial charge in [-0.3, -0.25) is 4.79 Å². The Hall–Kier alpha value is -2.67. The van der Waals surface area contributed by atoms with Gasteiger partial charge in [-0.25, -0.2) is 13.4 Å². The zero-order valence-electron chi connectivity index (χ0n) is 20.6. The zero-order chi connectivity index (χ0) is 26.9. The summed E-state index contributed by atoms with van der Waals surface area (Å²) in [5, 5.41) is 4.90. The SMILES string of the molecule is Nc1ncc(Br)cc1CS(=O)(=O)N1CCN(c2cnn(-c3cccc(Cl)c3)c(=O)c2OC2CCCC2)CC1. The lowest BCUT2D eigenvalue weighted by atomic mass is 10.2. The molecule has 1 aliphatic carbocycles. The first kappa shape index (κ1) is 26.9. The van der Waals surface area contributed by atoms with Gasteiger partial charge >= 0.3 is 5.56 Å². The summed E-state index contributed by atoms with van der Waals surface area (Å²) >= 11 is 9.46. The second kappa shape index (κ2) is 11.2. The maximum Gasteiger partial charge on any atom is 0.316 e. The molecule has 38 heavy (non-hydrogen) atoms. The number of rotatable bonds is 7. The first-order valence-corrected chi connectivity index (χ1v) is 15.2. The second-order valence-corrected chi connectivity index (χ2v) is 12.7. The Balaban J connectivity index is 1.38. The van der Waals surface area contributed by atoms with Crippen molar-refractivity contribution in [2.75, 3.05) is 36.8 Å². The van der Waals surface area contributed by atoms with E-state index in [9.17, 15) is 13.2 Å². The van der Waals surface area contributed by atoms with Crippen LogP contribution < -0.4 is 20.9 Å². The lowest BCUT2D eigenvalue weighted by Gasteiger charge is -2.36. The van der Waals surface area contributed by atoms with E-state index in [1.807, 2.05) is 4.90 Å². The zero-order valence-corrected chi connectivity index (χ0v) is 23.8. The molecule has 3 aromatic rings. The number of pyridine rings is 1. The number of benzene rings is 1. The molecule has 0 radical (unpaired) electrons. The fraction of sp³-hybridized carbons (Fsp3) is 0.400. The quantitative estimate of drug-likeness (QED) is 0.424. The van der Waals surface area contributed by atoms with E-state index in [1.165, 1.54) is 15.2 Å². The van der Waals surface area contributed by atoms with Crippen LogP contribution in [0.5, 0.6) is 5.75 Å². The minimum absolute atomic E-state index is 0.0393. The molecule has 2 fully saturated rings. The molecule has 0 atom stereocenters. The van der Waals surface area contributed by atoms with Crippen LogP contribution in [0.1, 0.15) is 31.2 Å². The largest absolute Gasteiger partial charge is 0.483 e. The molecule has 0 bridgehead atoms. The summed E-state index contributed by atoms with van der Waals surface area (Å²) in [6.07, 6.45) is 7.00. The Labute approximate surface area is 234 Å². The van der Waals surface area contributed by atoms with Gasteiger partial charge in [0.25, 0.3) is 0 Å². The molecule has 202 valence electrons. The number of nitrogen functional groups attached to an aromatic ring is 1. The molecule has 5 rings (SSSR count). The highest BCUT2D eigenvalue weighted by atomic mass is 79.9. The molecular weight excluding hydrogens is 596 g/mol. The molecule has 3 heterocycles. The van der Waals surface area contributed by atoms with Crippen molar-refractivity contribution >= 4 is 49.1 Å². The van der Waals surface area contributed by atoms with Gasteiger partial charge in [0.1, 0.15) is 11.5 Å². The van der Waals surface area contributed by atoms with E-state index in [0.29, 0.717) is 39.5 Å². The third-order valence-corrected chi connectivity index (χ3v) is 9.33. The third-order valence-electron chi connectivity index (χ3n) is 6.83. The molecule has 1 aromatic carbocycles. The van der Waals surface area contributed by atoms with Crippen molar-refractivity contribution < 1.29 is 13.2 Å². The molecule has 13 heteroatoms. The molecule has 2 aromatic heterocycles. The average molecular weight is 624 g/mol. The van der Waals surface area contributed by atoms with E-state index in [1.54, 1.807) is 36.5 Å². The Morgan fingerprint density at radius 1 is 1.11 bits per heavy atom. The standard InChI is InChI=1S/C25H28BrClN6O4S/c26-18-12-17(24(28)29-14-18)16-38(35,36)32-10-8-31(9-11-32)22-15-30-33(20-5-3-4-19(27)13-20)25(34)23(22)37-21-6-1-2-7-21/h3-5,12-15,21H,1-2,6-11,16H2,(H2,28,29). The van der Waals surface area contributed by atoms with Gasteiger partial charge in [0.2, 0.25) is 15.8 Å². The summed E-state index contributed by atoms with van der Waals surface area (Å²) in [7, 11) is -3.62. The van der Waals surface area contributed by atoms with E-state index >= 15 is 0 Å². The highest BCUT2D eigenvalue weighted by Gasteiger charge is 2.31. The molecular formula is C25H28BrClN6O4S. The highest BCUT2D eigenvalue weighted by Crippen LogP contribution is 2.31. The van der Waals surface area contributed by atoms with Crippen LogP contribution in [0.15, 0.2) is 52.0 Å². The van der Waals surface area contributed by atoms with Gasteiger partial charge < -0.3 is 15.4 Å². The van der Waals surface area contributed by atoms with Crippen molar-refractivity contribution in [3.05, 3.63) is 68.1 Å². The summed E-state index contributed by atoms with van der Waals surface area (Å²) < 4.78 is 36.0. The van der Waals surface area contributed by atoms with Crippen molar-refractivity contribution in [3.63, 3.8) is 0 Å². The summed E-state index contributed by atoms with van der Waals surface area (Å²) in [4.78, 5) is 19.6. The normalized spacial score (nSPS) is 17.2. The van der Waals surface area contributed by atoms with Crippen molar-refractivity contribution in [1.29, 1.82) is 0 Å². The molecule has 1 aliphatic heterocycles. The van der Waals surface area contributed by atoms with Crippen LogP contribution in [0.2, 0.25) is 5.02 Å². The maximum absolute atomic E-state index is 13.6. The number of halogens is 2. The Kier molecular flexibility index (Phi) is 7.94. The van der Waals surface area contributed by atoms with Crippen molar-refractivity contribution in [2.24, 2.45) is 0 Å². The van der Waals surface area contributed by atoms with E-state index in [4.69, 9.17) is 22.1 Å². The highest BCUT2D eigenvalue weighted by molar-refractivity contribution is 9.10. The monoisotopic (exact) mass is 622 g/mol. The van der Waals surface area contributed by atoms with E-state index < -0.39 is 10.0 Å². The topological polar surface area (TPSA) is 124 Å². The van der Waals surface area contributed by atoms with Crippen LogP contribution in [0.25, 0.3) is 5.69 Å². The molecule has 2 N–H and O–H groups in total. The van der Waals surface area contributed by atoms with Gasteiger partial charge in [0.05, 0.1) is 23.7 Å². The lowest BCUT2D eigenvalue weighted by molar-refractivity contribution is 0.205. The maximum atomic E-state index is 13.6. The molecule has 0 amide bonds. The summed E-state index contributed by atoms with van der Waals surface area (Å²) in [5.74, 6) is 0.185. The van der Waals surface area contributed by atoms with Gasteiger partial charge in [-0.05, 0) is 65.9 Å². The number of hydrogen-bond donors (Lipinski definition) is 1. The summed E-state index contributed by atoms with van der Waals surface area (Å²) in [6.45, 7) is 1.28. The van der Waals surface area contributed by atoms with E-state index in [0.717, 1.165) is 25.7 Å². The van der Waals surface area contributed by atoms with Gasteiger partial charge in [-0.15, -0.1) is 0 Å². The van der Waals surface area contributed by atoms with Crippen LogP contribution in [0.4, 0.5) is 11.5 Å². The second-order valence-electron chi connectivity index (χ2n) is 9.42. The van der Waals surface area contributed by atoms with Gasteiger partial charge in [0.15, 0.2) is 0 Å². The van der Waals surface area contributed by atoms with Crippen LogP contribution in [0.3, 0.4) is 0 Å². The first-order chi connectivity index (χ1) is 18.2. The third kappa shape index (κ3) is 5.83. The molecule has 10 nitrogen and oxygen atoms in total. The molecule has 0 unspecified atom stereocenters. The van der Waals surface area contributed by atoms with Crippen molar-refractivity contribution in [1.82, 2.24) is 19.1 Å². The Bertz CT molecular complexity index is 1490.